The van der Waals surface area contributed by atoms with Crippen LogP contribution in [0.5, 0.6) is 5.75 Å². The molecule has 0 aromatic heterocycles. The van der Waals surface area contributed by atoms with Crippen LogP contribution in [0.25, 0.3) is 10.8 Å². The Bertz CT molecular complexity index is 615. The molecular formula is C16H20ClNO3. The number of methoxy groups -OCH3 is 1. The van der Waals surface area contributed by atoms with E-state index in [9.17, 15) is 4.79 Å². The molecule has 2 rings (SSSR count). The van der Waals surface area contributed by atoms with Crippen LogP contribution >= 0.6 is 12.4 Å². The average molecular weight is 310 g/mol. The van der Waals surface area contributed by atoms with E-state index in [4.69, 9.17) is 15.2 Å². The van der Waals surface area contributed by atoms with E-state index in [1.165, 1.54) is 7.11 Å². The number of esters is 1. The second kappa shape index (κ2) is 7.86. The van der Waals surface area contributed by atoms with E-state index in [-0.39, 0.29) is 24.8 Å². The summed E-state index contributed by atoms with van der Waals surface area (Å²) in [7, 11) is 1.36. The van der Waals surface area contributed by atoms with Crippen LogP contribution in [-0.2, 0) is 9.53 Å². The molecule has 0 saturated carbocycles. The Hall–Kier alpha value is -1.78. The average Bonchev–Trinajstić information content (AvgIpc) is 2.47. The molecule has 2 N–H and O–H groups in total. The van der Waals surface area contributed by atoms with E-state index in [0.717, 1.165) is 22.1 Å². The van der Waals surface area contributed by atoms with Gasteiger partial charge in [-0.05, 0) is 23.8 Å². The zero-order valence-electron chi connectivity index (χ0n) is 12.2. The Morgan fingerprint density at radius 2 is 1.95 bits per heavy atom. The Kier molecular flexibility index (Phi) is 6.46. The van der Waals surface area contributed by atoms with Gasteiger partial charge < -0.3 is 15.2 Å². The zero-order chi connectivity index (χ0) is 14.5. The first-order valence-electron chi connectivity index (χ1n) is 6.64. The maximum absolute atomic E-state index is 11.5. The number of fused-ring (bicyclic) bond motifs is 1. The molecule has 0 saturated heterocycles. The third-order valence-corrected chi connectivity index (χ3v) is 3.22. The van der Waals surface area contributed by atoms with Gasteiger partial charge in [-0.15, -0.1) is 12.4 Å². The second-order valence-electron chi connectivity index (χ2n) is 4.52. The molecule has 2 aromatic carbocycles. The van der Waals surface area contributed by atoms with Gasteiger partial charge in [-0.2, -0.15) is 0 Å². The summed E-state index contributed by atoms with van der Waals surface area (Å²) in [5.41, 5.74) is 7.04. The first kappa shape index (κ1) is 17.3. The first-order chi connectivity index (χ1) is 9.67. The molecule has 1 atom stereocenters. The Labute approximate surface area is 130 Å². The van der Waals surface area contributed by atoms with Crippen LogP contribution in [0.4, 0.5) is 0 Å². The molecule has 0 heterocycles. The Morgan fingerprint density at radius 3 is 2.62 bits per heavy atom. The molecule has 0 unspecified atom stereocenters. The summed E-state index contributed by atoms with van der Waals surface area (Å²) in [5, 5.41) is 2.08. The van der Waals surface area contributed by atoms with Gasteiger partial charge >= 0.3 is 5.97 Å². The molecular weight excluding hydrogens is 290 g/mol. The van der Waals surface area contributed by atoms with Crippen molar-refractivity contribution < 1.29 is 14.3 Å². The fourth-order valence-electron chi connectivity index (χ4n) is 2.30. The second-order valence-corrected chi connectivity index (χ2v) is 4.52. The first-order valence-corrected chi connectivity index (χ1v) is 6.64. The van der Waals surface area contributed by atoms with Crippen LogP contribution in [-0.4, -0.2) is 19.7 Å². The van der Waals surface area contributed by atoms with Crippen LogP contribution in [0.3, 0.4) is 0 Å². The summed E-state index contributed by atoms with van der Waals surface area (Å²) in [6.07, 6.45) is 0.130. The summed E-state index contributed by atoms with van der Waals surface area (Å²) in [4.78, 5) is 11.5. The van der Waals surface area contributed by atoms with Gasteiger partial charge in [0.15, 0.2) is 0 Å². The predicted molar refractivity (Wildman–Crippen MR) is 85.9 cm³/mol. The van der Waals surface area contributed by atoms with Crippen LogP contribution < -0.4 is 10.5 Å². The van der Waals surface area contributed by atoms with Crippen molar-refractivity contribution in [1.82, 2.24) is 0 Å². The van der Waals surface area contributed by atoms with Gasteiger partial charge in [0.2, 0.25) is 0 Å². The number of benzene rings is 2. The van der Waals surface area contributed by atoms with Gasteiger partial charge in [0.05, 0.1) is 20.1 Å². The number of hydrogen-bond acceptors (Lipinski definition) is 4. The minimum absolute atomic E-state index is 0. The molecule has 5 heteroatoms. The van der Waals surface area contributed by atoms with Crippen molar-refractivity contribution in [2.45, 2.75) is 19.4 Å². The number of carbonyl (C=O) groups is 1. The highest BCUT2D eigenvalue weighted by Gasteiger charge is 2.19. The van der Waals surface area contributed by atoms with Crippen molar-refractivity contribution in [3.63, 3.8) is 0 Å². The molecule has 0 aliphatic carbocycles. The largest absolute Gasteiger partial charge is 0.494 e. The molecule has 0 amide bonds. The standard InChI is InChI=1S/C16H19NO3.ClH/c1-3-20-14-9-8-11-6-4-5-7-12(11)16(14)13(17)10-15(18)19-2;/h4-9,13H,3,10,17H2,1-2H3;1H/t13-;/m0./s1. The van der Waals surface area contributed by atoms with Crippen molar-refractivity contribution >= 4 is 29.1 Å². The smallest absolute Gasteiger partial charge is 0.307 e. The lowest BCUT2D eigenvalue weighted by Gasteiger charge is -2.18. The number of carbonyl (C=O) groups excluding carboxylic acids is 1. The van der Waals surface area contributed by atoms with Crippen molar-refractivity contribution in [2.24, 2.45) is 5.73 Å². The number of rotatable bonds is 5. The molecule has 114 valence electrons. The monoisotopic (exact) mass is 309 g/mol. The number of hydrogen-bond donors (Lipinski definition) is 1. The van der Waals surface area contributed by atoms with Gasteiger partial charge in [-0.3, -0.25) is 4.79 Å². The van der Waals surface area contributed by atoms with Crippen LogP contribution in [0.2, 0.25) is 0 Å². The lowest BCUT2D eigenvalue weighted by atomic mass is 9.96. The highest BCUT2D eigenvalue weighted by atomic mass is 35.5. The molecule has 4 nitrogen and oxygen atoms in total. The SMILES string of the molecule is CCOc1ccc2ccccc2c1[C@@H](N)CC(=O)OC.Cl. The van der Waals surface area contributed by atoms with Crippen molar-refractivity contribution in [2.75, 3.05) is 13.7 Å². The van der Waals surface area contributed by atoms with Crippen molar-refractivity contribution in [3.05, 3.63) is 42.0 Å². The van der Waals surface area contributed by atoms with Gasteiger partial charge in [0.25, 0.3) is 0 Å². The Balaban J connectivity index is 0.00000220. The lowest BCUT2D eigenvalue weighted by Crippen LogP contribution is -2.17. The normalized spacial score (nSPS) is 11.6. The zero-order valence-corrected chi connectivity index (χ0v) is 13.0. The fourth-order valence-corrected chi connectivity index (χ4v) is 2.30. The van der Waals surface area contributed by atoms with Gasteiger partial charge in [0, 0.05) is 11.6 Å². The third-order valence-electron chi connectivity index (χ3n) is 3.22. The molecule has 0 bridgehead atoms. The molecule has 0 radical (unpaired) electrons. The summed E-state index contributed by atoms with van der Waals surface area (Å²) in [5.74, 6) is 0.399. The van der Waals surface area contributed by atoms with E-state index in [1.807, 2.05) is 43.3 Å². The number of ether oxygens (including phenoxy) is 2. The molecule has 21 heavy (non-hydrogen) atoms. The van der Waals surface area contributed by atoms with E-state index >= 15 is 0 Å². The molecule has 0 aliphatic heterocycles. The summed E-state index contributed by atoms with van der Waals surface area (Å²) < 4.78 is 10.3. The summed E-state index contributed by atoms with van der Waals surface area (Å²) in [6.45, 7) is 2.47. The highest BCUT2D eigenvalue weighted by Crippen LogP contribution is 2.33. The topological polar surface area (TPSA) is 61.5 Å². The number of halogens is 1. The van der Waals surface area contributed by atoms with Gasteiger partial charge in [0.1, 0.15) is 5.75 Å². The van der Waals surface area contributed by atoms with Crippen molar-refractivity contribution in [3.8, 4) is 5.75 Å². The van der Waals surface area contributed by atoms with Crippen molar-refractivity contribution in [1.29, 1.82) is 0 Å². The molecule has 0 fully saturated rings. The quantitative estimate of drug-likeness (QED) is 0.861. The third kappa shape index (κ3) is 3.86. The van der Waals surface area contributed by atoms with E-state index in [1.54, 1.807) is 0 Å². The van der Waals surface area contributed by atoms with Gasteiger partial charge in [-0.1, -0.05) is 30.3 Å². The maximum Gasteiger partial charge on any atom is 0.307 e. The fraction of sp³-hybridized carbons (Fsp3) is 0.312. The van der Waals surface area contributed by atoms with Crippen LogP contribution in [0.1, 0.15) is 24.9 Å². The highest BCUT2D eigenvalue weighted by molar-refractivity contribution is 5.89. The van der Waals surface area contributed by atoms with Gasteiger partial charge in [-0.25, -0.2) is 0 Å². The minimum Gasteiger partial charge on any atom is -0.494 e. The predicted octanol–water partition coefficient (Wildman–Crippen LogP) is 3.22. The molecule has 0 spiro atoms. The van der Waals surface area contributed by atoms with E-state index in [2.05, 4.69) is 0 Å². The molecule has 0 aliphatic rings. The summed E-state index contributed by atoms with van der Waals surface area (Å²) in [6, 6.07) is 11.4. The van der Waals surface area contributed by atoms with Crippen LogP contribution in [0, 0.1) is 0 Å². The Morgan fingerprint density at radius 1 is 1.24 bits per heavy atom. The van der Waals surface area contributed by atoms with E-state index < -0.39 is 6.04 Å². The van der Waals surface area contributed by atoms with Crippen LogP contribution in [0.15, 0.2) is 36.4 Å². The lowest BCUT2D eigenvalue weighted by molar-refractivity contribution is -0.141. The molecule has 2 aromatic rings. The maximum atomic E-state index is 11.5. The number of nitrogens with two attached hydrogens (primary N) is 1. The van der Waals surface area contributed by atoms with E-state index in [0.29, 0.717) is 6.61 Å². The minimum atomic E-state index is -0.449. The summed E-state index contributed by atoms with van der Waals surface area (Å²) >= 11 is 0.